The Bertz CT molecular complexity index is 308. The van der Waals surface area contributed by atoms with Crippen molar-refractivity contribution in [1.29, 1.82) is 0 Å². The van der Waals surface area contributed by atoms with E-state index in [1.54, 1.807) is 38.5 Å². The van der Waals surface area contributed by atoms with Crippen molar-refractivity contribution >= 4 is 0 Å². The van der Waals surface area contributed by atoms with Gasteiger partial charge in [0.1, 0.15) is 0 Å². The molecule has 5 rings (SSSR count). The minimum absolute atomic E-state index is 0.377. The predicted molar refractivity (Wildman–Crippen MR) is 79.1 cm³/mol. The molecule has 5 aliphatic rings. The van der Waals surface area contributed by atoms with Gasteiger partial charge in [0.15, 0.2) is 0 Å². The number of hydrogen-bond donors (Lipinski definition) is 2. The molecule has 1 aliphatic heterocycles. The fraction of sp³-hybridized carbons (Fsp3) is 1.00. The molecule has 1 unspecified atom stereocenters. The molecule has 5 fully saturated rings. The summed E-state index contributed by atoms with van der Waals surface area (Å²) in [7, 11) is 0. The highest BCUT2D eigenvalue weighted by molar-refractivity contribution is 5.02. The topological polar surface area (TPSA) is 24.1 Å². The van der Waals surface area contributed by atoms with Crippen molar-refractivity contribution in [2.24, 2.45) is 23.2 Å². The Morgan fingerprint density at radius 2 is 1.68 bits per heavy atom. The molecule has 0 aromatic heterocycles. The van der Waals surface area contributed by atoms with Crippen LogP contribution in [0.4, 0.5) is 0 Å². The monoisotopic (exact) mass is 262 g/mol. The first-order valence-electron chi connectivity index (χ1n) is 8.61. The van der Waals surface area contributed by atoms with E-state index in [4.69, 9.17) is 0 Å². The van der Waals surface area contributed by atoms with Gasteiger partial charge in [-0.15, -0.1) is 0 Å². The fourth-order valence-electron chi connectivity index (χ4n) is 6.19. The molecular weight excluding hydrogens is 232 g/mol. The van der Waals surface area contributed by atoms with Gasteiger partial charge in [0.2, 0.25) is 0 Å². The molecular formula is C17H30N2. The van der Waals surface area contributed by atoms with E-state index in [0.717, 1.165) is 29.7 Å². The highest BCUT2D eigenvalue weighted by atomic mass is 15.1. The van der Waals surface area contributed by atoms with E-state index in [2.05, 4.69) is 17.6 Å². The first-order chi connectivity index (χ1) is 9.15. The summed E-state index contributed by atoms with van der Waals surface area (Å²) in [5.74, 6) is 3.32. The van der Waals surface area contributed by atoms with E-state index in [-0.39, 0.29) is 0 Å². The lowest BCUT2D eigenvalue weighted by Gasteiger charge is -2.57. The van der Waals surface area contributed by atoms with Crippen molar-refractivity contribution in [1.82, 2.24) is 10.6 Å². The molecule has 0 radical (unpaired) electrons. The maximum absolute atomic E-state index is 3.87. The van der Waals surface area contributed by atoms with Gasteiger partial charge in [0.25, 0.3) is 0 Å². The molecule has 0 aromatic rings. The fourth-order valence-corrected chi connectivity index (χ4v) is 6.19. The quantitative estimate of drug-likeness (QED) is 0.814. The largest absolute Gasteiger partial charge is 0.315 e. The average Bonchev–Trinajstić information content (AvgIpc) is 2.74. The molecule has 4 bridgehead atoms. The molecule has 19 heavy (non-hydrogen) atoms. The second-order valence-corrected chi connectivity index (χ2v) is 8.58. The van der Waals surface area contributed by atoms with Gasteiger partial charge in [-0.1, -0.05) is 0 Å². The molecule has 4 aliphatic carbocycles. The zero-order valence-corrected chi connectivity index (χ0v) is 12.5. The lowest BCUT2D eigenvalue weighted by atomic mass is 9.49. The highest BCUT2D eigenvalue weighted by Gasteiger charge is 2.50. The maximum Gasteiger partial charge on any atom is 0.0289 e. The average molecular weight is 262 g/mol. The van der Waals surface area contributed by atoms with Gasteiger partial charge in [0, 0.05) is 12.1 Å². The molecule has 2 N–H and O–H groups in total. The molecule has 1 saturated heterocycles. The molecule has 4 saturated carbocycles. The van der Waals surface area contributed by atoms with Crippen LogP contribution >= 0.6 is 0 Å². The van der Waals surface area contributed by atoms with Crippen LogP contribution in [0.25, 0.3) is 0 Å². The molecule has 1 atom stereocenters. The third-order valence-electron chi connectivity index (χ3n) is 6.74. The second kappa shape index (κ2) is 4.46. The van der Waals surface area contributed by atoms with Crippen LogP contribution in [0.2, 0.25) is 0 Å². The van der Waals surface area contributed by atoms with Gasteiger partial charge in [-0.2, -0.15) is 0 Å². The minimum Gasteiger partial charge on any atom is -0.315 e. The van der Waals surface area contributed by atoms with E-state index in [9.17, 15) is 0 Å². The van der Waals surface area contributed by atoms with Gasteiger partial charge in [-0.05, 0) is 94.5 Å². The molecule has 0 amide bonds. The summed E-state index contributed by atoms with van der Waals surface area (Å²) in [5, 5.41) is 7.37. The van der Waals surface area contributed by atoms with Crippen molar-refractivity contribution in [2.75, 3.05) is 19.6 Å². The van der Waals surface area contributed by atoms with E-state index in [1.807, 2.05) is 0 Å². The first kappa shape index (κ1) is 12.6. The second-order valence-electron chi connectivity index (χ2n) is 8.58. The van der Waals surface area contributed by atoms with Crippen LogP contribution in [0.15, 0.2) is 0 Å². The normalized spacial score (nSPS) is 51.9. The third-order valence-corrected chi connectivity index (χ3v) is 6.74. The third kappa shape index (κ3) is 2.35. The summed E-state index contributed by atoms with van der Waals surface area (Å²) in [5.41, 5.74) is 1.13. The van der Waals surface area contributed by atoms with Gasteiger partial charge in [0.05, 0.1) is 0 Å². The minimum atomic E-state index is 0.377. The lowest BCUT2D eigenvalue weighted by molar-refractivity contribution is -0.0573. The van der Waals surface area contributed by atoms with Crippen LogP contribution in [-0.4, -0.2) is 25.2 Å². The van der Waals surface area contributed by atoms with E-state index in [1.165, 1.54) is 25.9 Å². The summed E-state index contributed by atoms with van der Waals surface area (Å²) >= 11 is 0. The zero-order chi connectivity index (χ0) is 12.9. The molecule has 108 valence electrons. The zero-order valence-electron chi connectivity index (χ0n) is 12.5. The Morgan fingerprint density at radius 1 is 1.05 bits per heavy atom. The Balaban J connectivity index is 1.35. The van der Waals surface area contributed by atoms with E-state index in [0.29, 0.717) is 5.54 Å². The van der Waals surface area contributed by atoms with Gasteiger partial charge < -0.3 is 10.6 Å². The molecule has 0 aromatic carbocycles. The van der Waals surface area contributed by atoms with Crippen molar-refractivity contribution in [3.63, 3.8) is 0 Å². The van der Waals surface area contributed by atoms with Gasteiger partial charge >= 0.3 is 0 Å². The first-order valence-corrected chi connectivity index (χ1v) is 8.61. The van der Waals surface area contributed by atoms with Crippen LogP contribution in [0.5, 0.6) is 0 Å². The smallest absolute Gasteiger partial charge is 0.0289 e. The molecule has 0 spiro atoms. The van der Waals surface area contributed by atoms with Crippen LogP contribution in [0.3, 0.4) is 0 Å². The number of hydrogen-bond acceptors (Lipinski definition) is 2. The van der Waals surface area contributed by atoms with Gasteiger partial charge in [-0.3, -0.25) is 0 Å². The highest BCUT2D eigenvalue weighted by Crippen LogP contribution is 2.61. The van der Waals surface area contributed by atoms with Crippen molar-refractivity contribution in [3.8, 4) is 0 Å². The van der Waals surface area contributed by atoms with Crippen LogP contribution in [-0.2, 0) is 0 Å². The molecule has 1 heterocycles. The number of nitrogens with one attached hydrogen (secondary N) is 2. The van der Waals surface area contributed by atoms with E-state index < -0.39 is 0 Å². The van der Waals surface area contributed by atoms with Crippen LogP contribution in [0, 0.1) is 23.2 Å². The van der Waals surface area contributed by atoms with Crippen LogP contribution in [0.1, 0.15) is 58.3 Å². The molecule has 2 nitrogen and oxygen atoms in total. The maximum atomic E-state index is 3.87. The van der Waals surface area contributed by atoms with E-state index >= 15 is 0 Å². The standard InChI is InChI=1S/C17H30N2/c1-16(2-4-18-12-16)19-5-3-17-9-13-6-14(10-17)8-15(7-13)11-17/h13-15,18-19H,2-12H2,1H3. The predicted octanol–water partition coefficient (Wildman–Crippen LogP) is 2.93. The van der Waals surface area contributed by atoms with Crippen molar-refractivity contribution in [2.45, 2.75) is 63.8 Å². The SMILES string of the molecule is CC1(NCCC23CC4CC(CC(C4)C2)C3)CCNC1. The lowest BCUT2D eigenvalue weighted by Crippen LogP contribution is -2.49. The summed E-state index contributed by atoms with van der Waals surface area (Å²) in [6.07, 6.45) is 12.2. The summed E-state index contributed by atoms with van der Waals surface area (Å²) in [6.45, 7) is 6.01. The molecule has 2 heteroatoms. The van der Waals surface area contributed by atoms with Gasteiger partial charge in [-0.25, -0.2) is 0 Å². The Hall–Kier alpha value is -0.0800. The van der Waals surface area contributed by atoms with Crippen molar-refractivity contribution in [3.05, 3.63) is 0 Å². The summed E-state index contributed by atoms with van der Waals surface area (Å²) in [4.78, 5) is 0. The number of rotatable bonds is 4. The van der Waals surface area contributed by atoms with Crippen molar-refractivity contribution < 1.29 is 0 Å². The Morgan fingerprint density at radius 3 is 2.21 bits per heavy atom. The van der Waals surface area contributed by atoms with Crippen LogP contribution < -0.4 is 10.6 Å². The summed E-state index contributed by atoms with van der Waals surface area (Å²) < 4.78 is 0. The summed E-state index contributed by atoms with van der Waals surface area (Å²) in [6, 6.07) is 0. The Kier molecular flexibility index (Phi) is 2.97. The Labute approximate surface area is 118 Å².